The molecule has 23 heavy (non-hydrogen) atoms. The third kappa shape index (κ3) is 3.89. The molecule has 1 N–H and O–H groups in total. The Kier molecular flexibility index (Phi) is 5.38. The van der Waals surface area contributed by atoms with Crippen molar-refractivity contribution in [3.8, 4) is 11.5 Å². The van der Waals surface area contributed by atoms with Gasteiger partial charge in [0, 0.05) is 24.9 Å². The molecule has 122 valence electrons. The Morgan fingerprint density at radius 1 is 1.35 bits per heavy atom. The SMILES string of the molecule is COc1ccc(C(C)=NNC(=O)c2nn(C)cc2Br)c(OC)c1. The number of benzene rings is 1. The predicted molar refractivity (Wildman–Crippen MR) is 90.1 cm³/mol. The highest BCUT2D eigenvalue weighted by atomic mass is 79.9. The second kappa shape index (κ2) is 7.28. The van der Waals surface area contributed by atoms with Crippen LogP contribution in [0.2, 0.25) is 0 Å². The average molecular weight is 381 g/mol. The molecule has 1 heterocycles. The molecule has 1 aromatic heterocycles. The Labute approximate surface area is 142 Å². The van der Waals surface area contributed by atoms with E-state index in [0.717, 1.165) is 5.56 Å². The molecule has 0 spiro atoms. The molecule has 0 saturated heterocycles. The molecule has 0 bridgehead atoms. The molecule has 0 fully saturated rings. The Hall–Kier alpha value is -2.35. The lowest BCUT2D eigenvalue weighted by atomic mass is 10.1. The molecule has 0 aliphatic carbocycles. The van der Waals surface area contributed by atoms with Gasteiger partial charge in [-0.2, -0.15) is 10.2 Å². The van der Waals surface area contributed by atoms with Gasteiger partial charge < -0.3 is 9.47 Å². The number of ether oxygens (including phenoxy) is 2. The first-order valence-electron chi connectivity index (χ1n) is 6.72. The zero-order valence-electron chi connectivity index (χ0n) is 13.3. The molecule has 1 aromatic carbocycles. The smallest absolute Gasteiger partial charge is 0.293 e. The van der Waals surface area contributed by atoms with Crippen molar-refractivity contribution in [3.63, 3.8) is 0 Å². The van der Waals surface area contributed by atoms with Crippen LogP contribution in [0.25, 0.3) is 0 Å². The third-order valence-electron chi connectivity index (χ3n) is 3.12. The van der Waals surface area contributed by atoms with Gasteiger partial charge in [-0.15, -0.1) is 0 Å². The van der Waals surface area contributed by atoms with Crippen LogP contribution >= 0.6 is 15.9 Å². The van der Waals surface area contributed by atoms with Crippen molar-refractivity contribution in [1.29, 1.82) is 0 Å². The number of nitrogens with one attached hydrogen (secondary N) is 1. The zero-order chi connectivity index (χ0) is 17.0. The number of hydrogen-bond acceptors (Lipinski definition) is 5. The van der Waals surface area contributed by atoms with E-state index >= 15 is 0 Å². The number of halogens is 1. The van der Waals surface area contributed by atoms with Gasteiger partial charge in [0.25, 0.3) is 5.91 Å². The lowest BCUT2D eigenvalue weighted by molar-refractivity contribution is 0.0948. The summed E-state index contributed by atoms with van der Waals surface area (Å²) >= 11 is 3.28. The highest BCUT2D eigenvalue weighted by molar-refractivity contribution is 9.10. The van der Waals surface area contributed by atoms with E-state index in [1.54, 1.807) is 51.2 Å². The number of carbonyl (C=O) groups excluding carboxylic acids is 1. The largest absolute Gasteiger partial charge is 0.497 e. The Balaban J connectivity index is 2.20. The summed E-state index contributed by atoms with van der Waals surface area (Å²) < 4.78 is 12.6. The zero-order valence-corrected chi connectivity index (χ0v) is 14.8. The molecular formula is C15H17BrN4O3. The molecule has 1 amide bonds. The van der Waals surface area contributed by atoms with Crippen molar-refractivity contribution in [2.75, 3.05) is 14.2 Å². The van der Waals surface area contributed by atoms with Crippen LogP contribution in [0.5, 0.6) is 11.5 Å². The molecule has 0 unspecified atom stereocenters. The topological polar surface area (TPSA) is 77.7 Å². The predicted octanol–water partition coefficient (Wildman–Crippen LogP) is 2.35. The average Bonchev–Trinajstić information content (AvgIpc) is 2.90. The summed E-state index contributed by atoms with van der Waals surface area (Å²) in [6.45, 7) is 1.78. The third-order valence-corrected chi connectivity index (χ3v) is 3.70. The summed E-state index contributed by atoms with van der Waals surface area (Å²) in [4.78, 5) is 12.1. The van der Waals surface area contributed by atoms with Crippen LogP contribution in [0.4, 0.5) is 0 Å². The van der Waals surface area contributed by atoms with Crippen molar-refractivity contribution >= 4 is 27.5 Å². The van der Waals surface area contributed by atoms with Crippen molar-refractivity contribution in [1.82, 2.24) is 15.2 Å². The quantitative estimate of drug-likeness (QED) is 0.637. The van der Waals surface area contributed by atoms with Crippen molar-refractivity contribution in [2.45, 2.75) is 6.92 Å². The number of aryl methyl sites for hydroxylation is 1. The van der Waals surface area contributed by atoms with E-state index in [0.29, 0.717) is 21.7 Å². The number of hydrogen-bond donors (Lipinski definition) is 1. The lowest BCUT2D eigenvalue weighted by Crippen LogP contribution is -2.20. The first kappa shape index (κ1) is 17.0. The van der Waals surface area contributed by atoms with Gasteiger partial charge in [-0.3, -0.25) is 9.48 Å². The van der Waals surface area contributed by atoms with Crippen LogP contribution in [0, 0.1) is 0 Å². The normalized spacial score (nSPS) is 11.3. The second-order valence-corrected chi connectivity index (χ2v) is 5.56. The molecule has 0 radical (unpaired) electrons. The van der Waals surface area contributed by atoms with Crippen LogP contribution in [-0.2, 0) is 7.05 Å². The Morgan fingerprint density at radius 2 is 2.09 bits per heavy atom. The van der Waals surface area contributed by atoms with Gasteiger partial charge >= 0.3 is 0 Å². The molecule has 0 atom stereocenters. The number of rotatable bonds is 5. The molecule has 2 rings (SSSR count). The van der Waals surface area contributed by atoms with E-state index in [9.17, 15) is 4.79 Å². The van der Waals surface area contributed by atoms with Gasteiger partial charge in [-0.05, 0) is 35.0 Å². The minimum atomic E-state index is -0.399. The Morgan fingerprint density at radius 3 is 2.65 bits per heavy atom. The Bertz CT molecular complexity index is 755. The summed E-state index contributed by atoms with van der Waals surface area (Å²) in [7, 11) is 4.88. The van der Waals surface area contributed by atoms with E-state index in [1.165, 1.54) is 0 Å². The summed E-state index contributed by atoms with van der Waals surface area (Å²) in [5.74, 6) is 0.892. The molecule has 8 heteroatoms. The molecular weight excluding hydrogens is 364 g/mol. The van der Waals surface area contributed by atoms with Gasteiger partial charge in [-0.1, -0.05) is 0 Å². The summed E-state index contributed by atoms with van der Waals surface area (Å²) in [6.07, 6.45) is 1.69. The van der Waals surface area contributed by atoms with Gasteiger partial charge in [0.05, 0.1) is 24.4 Å². The number of nitrogens with zero attached hydrogens (tertiary/aromatic N) is 3. The molecule has 0 aliphatic heterocycles. The van der Waals surface area contributed by atoms with E-state index in [2.05, 4.69) is 31.6 Å². The van der Waals surface area contributed by atoms with Crippen LogP contribution in [-0.4, -0.2) is 35.6 Å². The van der Waals surface area contributed by atoms with E-state index in [4.69, 9.17) is 9.47 Å². The standard InChI is InChI=1S/C15H17BrN4O3/c1-9(11-6-5-10(22-3)7-13(11)23-4)17-18-15(21)14-12(16)8-20(2)19-14/h5-8H,1-4H3,(H,18,21). The van der Waals surface area contributed by atoms with E-state index in [-0.39, 0.29) is 5.69 Å². The first-order valence-corrected chi connectivity index (χ1v) is 7.51. The van der Waals surface area contributed by atoms with E-state index < -0.39 is 5.91 Å². The number of hydrazone groups is 1. The lowest BCUT2D eigenvalue weighted by Gasteiger charge is -2.10. The minimum Gasteiger partial charge on any atom is -0.497 e. The van der Waals surface area contributed by atoms with Crippen LogP contribution < -0.4 is 14.9 Å². The number of amides is 1. The maximum Gasteiger partial charge on any atom is 0.293 e. The maximum atomic E-state index is 12.1. The second-order valence-electron chi connectivity index (χ2n) is 4.70. The highest BCUT2D eigenvalue weighted by Gasteiger charge is 2.14. The molecule has 0 aliphatic rings. The summed E-state index contributed by atoms with van der Waals surface area (Å²) in [6, 6.07) is 5.37. The van der Waals surface area contributed by atoms with Gasteiger partial charge in [0.1, 0.15) is 11.5 Å². The molecule has 2 aromatic rings. The first-order chi connectivity index (χ1) is 11.0. The van der Waals surface area contributed by atoms with Gasteiger partial charge in [0.2, 0.25) is 0 Å². The summed E-state index contributed by atoms with van der Waals surface area (Å²) in [5, 5.41) is 8.18. The maximum absolute atomic E-state index is 12.1. The van der Waals surface area contributed by atoms with Crippen LogP contribution in [0.1, 0.15) is 23.0 Å². The summed E-state index contributed by atoms with van der Waals surface area (Å²) in [5.41, 5.74) is 4.12. The number of carbonyl (C=O) groups is 1. The molecule has 7 nitrogen and oxygen atoms in total. The number of methoxy groups -OCH3 is 2. The van der Waals surface area contributed by atoms with Gasteiger partial charge in [0.15, 0.2) is 5.69 Å². The fourth-order valence-corrected chi connectivity index (χ4v) is 2.51. The van der Waals surface area contributed by atoms with Crippen molar-refractivity contribution in [2.24, 2.45) is 12.1 Å². The fraction of sp³-hybridized carbons (Fsp3) is 0.267. The van der Waals surface area contributed by atoms with Crippen molar-refractivity contribution < 1.29 is 14.3 Å². The van der Waals surface area contributed by atoms with Crippen LogP contribution in [0.15, 0.2) is 34.0 Å². The highest BCUT2D eigenvalue weighted by Crippen LogP contribution is 2.25. The molecule has 0 saturated carbocycles. The van der Waals surface area contributed by atoms with E-state index in [1.807, 2.05) is 6.07 Å². The monoisotopic (exact) mass is 380 g/mol. The van der Waals surface area contributed by atoms with Crippen molar-refractivity contribution in [3.05, 3.63) is 40.1 Å². The number of aromatic nitrogens is 2. The van der Waals surface area contributed by atoms with Gasteiger partial charge in [-0.25, -0.2) is 5.43 Å². The fourth-order valence-electron chi connectivity index (χ4n) is 1.96. The minimum absolute atomic E-state index is 0.269. The van der Waals surface area contributed by atoms with Crippen LogP contribution in [0.3, 0.4) is 0 Å².